The highest BCUT2D eigenvalue weighted by atomic mass is 16.7. The maximum Gasteiger partial charge on any atom is 0.314 e. The molecule has 0 aliphatic carbocycles. The zero-order chi connectivity index (χ0) is 16.9. The zero-order valence-corrected chi connectivity index (χ0v) is 13.3. The second-order valence-corrected chi connectivity index (χ2v) is 5.78. The van der Waals surface area contributed by atoms with Crippen LogP contribution in [0, 0.1) is 5.92 Å². The molecule has 1 aromatic carbocycles. The van der Waals surface area contributed by atoms with E-state index >= 15 is 0 Å². The number of primary amides is 1. The van der Waals surface area contributed by atoms with Crippen LogP contribution in [0.4, 0.5) is 4.79 Å². The predicted octanol–water partition coefficient (Wildman–Crippen LogP) is 0.701. The van der Waals surface area contributed by atoms with E-state index in [2.05, 4.69) is 5.32 Å². The molecule has 2 aliphatic rings. The monoisotopic (exact) mass is 335 g/mol. The quantitative estimate of drug-likeness (QED) is 0.771. The SMILES string of the molecule is NC(=O)N1CCC[C@H](C(=O)NCCOc2ccc3c(c2)OCO3)C1. The first kappa shape index (κ1) is 16.2. The molecule has 0 bridgehead atoms. The molecule has 130 valence electrons. The molecule has 0 saturated carbocycles. The van der Waals surface area contributed by atoms with Crippen LogP contribution < -0.4 is 25.3 Å². The molecular formula is C16H21N3O5. The average Bonchev–Trinajstić information content (AvgIpc) is 3.06. The van der Waals surface area contributed by atoms with Gasteiger partial charge in [-0.15, -0.1) is 0 Å². The Morgan fingerprint density at radius 2 is 2.17 bits per heavy atom. The van der Waals surface area contributed by atoms with Gasteiger partial charge in [-0.1, -0.05) is 0 Å². The number of amides is 3. The Bertz CT molecular complexity index is 622. The zero-order valence-electron chi connectivity index (χ0n) is 13.3. The van der Waals surface area contributed by atoms with Crippen LogP contribution in [-0.2, 0) is 4.79 Å². The molecule has 3 rings (SSSR count). The summed E-state index contributed by atoms with van der Waals surface area (Å²) < 4.78 is 16.1. The van der Waals surface area contributed by atoms with Gasteiger partial charge in [0.1, 0.15) is 12.4 Å². The number of hydrogen-bond acceptors (Lipinski definition) is 5. The van der Waals surface area contributed by atoms with Gasteiger partial charge >= 0.3 is 6.03 Å². The van der Waals surface area contributed by atoms with Crippen LogP contribution in [0.2, 0.25) is 0 Å². The molecule has 0 radical (unpaired) electrons. The average molecular weight is 335 g/mol. The summed E-state index contributed by atoms with van der Waals surface area (Å²) in [7, 11) is 0. The van der Waals surface area contributed by atoms with Gasteiger partial charge in [-0.05, 0) is 25.0 Å². The van der Waals surface area contributed by atoms with Gasteiger partial charge in [0.15, 0.2) is 11.5 Å². The van der Waals surface area contributed by atoms with E-state index in [4.69, 9.17) is 19.9 Å². The summed E-state index contributed by atoms with van der Waals surface area (Å²) in [6, 6.07) is 4.87. The Hall–Kier alpha value is -2.64. The summed E-state index contributed by atoms with van der Waals surface area (Å²) in [6.07, 6.45) is 1.55. The Balaban J connectivity index is 1.40. The van der Waals surface area contributed by atoms with Crippen molar-refractivity contribution in [3.8, 4) is 17.2 Å². The maximum atomic E-state index is 12.1. The molecule has 1 fully saturated rings. The van der Waals surface area contributed by atoms with E-state index in [1.165, 1.54) is 4.90 Å². The molecule has 1 saturated heterocycles. The summed E-state index contributed by atoms with van der Waals surface area (Å²) >= 11 is 0. The normalized spacial score (nSPS) is 19.0. The number of carbonyl (C=O) groups is 2. The number of benzene rings is 1. The maximum absolute atomic E-state index is 12.1. The van der Waals surface area contributed by atoms with E-state index in [9.17, 15) is 9.59 Å². The van der Waals surface area contributed by atoms with Crippen LogP contribution in [0.5, 0.6) is 17.2 Å². The molecule has 3 amide bonds. The topological polar surface area (TPSA) is 103 Å². The van der Waals surface area contributed by atoms with E-state index in [0.717, 1.165) is 12.8 Å². The molecule has 0 spiro atoms. The summed E-state index contributed by atoms with van der Waals surface area (Å²) in [5, 5.41) is 2.84. The molecule has 24 heavy (non-hydrogen) atoms. The molecule has 8 heteroatoms. The van der Waals surface area contributed by atoms with Crippen molar-refractivity contribution in [1.82, 2.24) is 10.2 Å². The fourth-order valence-corrected chi connectivity index (χ4v) is 2.85. The first-order chi connectivity index (χ1) is 11.6. The van der Waals surface area contributed by atoms with E-state index in [1.54, 1.807) is 18.2 Å². The minimum Gasteiger partial charge on any atom is -0.492 e. The second-order valence-electron chi connectivity index (χ2n) is 5.78. The fraction of sp³-hybridized carbons (Fsp3) is 0.500. The molecule has 1 aromatic rings. The Morgan fingerprint density at radius 1 is 1.33 bits per heavy atom. The van der Waals surface area contributed by atoms with Gasteiger partial charge in [-0.3, -0.25) is 4.79 Å². The number of fused-ring (bicyclic) bond motifs is 1. The van der Waals surface area contributed by atoms with Gasteiger partial charge < -0.3 is 30.2 Å². The Morgan fingerprint density at radius 3 is 3.00 bits per heavy atom. The number of nitrogens with two attached hydrogens (primary N) is 1. The molecular weight excluding hydrogens is 314 g/mol. The van der Waals surface area contributed by atoms with Crippen molar-refractivity contribution in [2.75, 3.05) is 33.0 Å². The van der Waals surface area contributed by atoms with E-state index in [0.29, 0.717) is 43.5 Å². The highest BCUT2D eigenvalue weighted by Gasteiger charge is 2.27. The third-order valence-corrected chi connectivity index (χ3v) is 4.12. The largest absolute Gasteiger partial charge is 0.492 e. The van der Waals surface area contributed by atoms with Crippen molar-refractivity contribution in [1.29, 1.82) is 0 Å². The number of ether oxygens (including phenoxy) is 3. The van der Waals surface area contributed by atoms with Gasteiger partial charge in [0.25, 0.3) is 0 Å². The summed E-state index contributed by atoms with van der Waals surface area (Å²) in [4.78, 5) is 24.9. The van der Waals surface area contributed by atoms with Gasteiger partial charge in [0.05, 0.1) is 12.5 Å². The molecule has 8 nitrogen and oxygen atoms in total. The van der Waals surface area contributed by atoms with Gasteiger partial charge in [-0.25, -0.2) is 4.79 Å². The first-order valence-corrected chi connectivity index (χ1v) is 7.98. The van der Waals surface area contributed by atoms with Crippen LogP contribution >= 0.6 is 0 Å². The summed E-state index contributed by atoms with van der Waals surface area (Å²) in [6.45, 7) is 1.95. The number of hydrogen-bond donors (Lipinski definition) is 2. The van der Waals surface area contributed by atoms with Crippen LogP contribution in [0.1, 0.15) is 12.8 Å². The van der Waals surface area contributed by atoms with E-state index < -0.39 is 6.03 Å². The molecule has 1 atom stereocenters. The van der Waals surface area contributed by atoms with Crippen molar-refractivity contribution in [2.24, 2.45) is 11.7 Å². The van der Waals surface area contributed by atoms with Crippen molar-refractivity contribution in [2.45, 2.75) is 12.8 Å². The third kappa shape index (κ3) is 3.81. The number of piperidine rings is 1. The first-order valence-electron chi connectivity index (χ1n) is 7.98. The van der Waals surface area contributed by atoms with Gasteiger partial charge in [0.2, 0.25) is 12.7 Å². The van der Waals surface area contributed by atoms with Crippen molar-refractivity contribution < 1.29 is 23.8 Å². The van der Waals surface area contributed by atoms with E-state index in [1.807, 2.05) is 0 Å². The molecule has 0 unspecified atom stereocenters. The lowest BCUT2D eigenvalue weighted by Gasteiger charge is -2.30. The minimum absolute atomic E-state index is 0.0739. The van der Waals surface area contributed by atoms with Crippen molar-refractivity contribution in [3.63, 3.8) is 0 Å². The van der Waals surface area contributed by atoms with Crippen LogP contribution in [0.15, 0.2) is 18.2 Å². The minimum atomic E-state index is -0.473. The Kier molecular flexibility index (Phi) is 4.93. The number of likely N-dealkylation sites (tertiary alicyclic amines) is 1. The van der Waals surface area contributed by atoms with Gasteiger partial charge in [-0.2, -0.15) is 0 Å². The van der Waals surface area contributed by atoms with Crippen molar-refractivity contribution in [3.05, 3.63) is 18.2 Å². The number of nitrogens with zero attached hydrogens (tertiary/aromatic N) is 1. The summed E-state index contributed by atoms with van der Waals surface area (Å²) in [5.41, 5.74) is 5.27. The number of nitrogens with one attached hydrogen (secondary N) is 1. The standard InChI is InChI=1S/C16H21N3O5/c17-16(21)19-6-1-2-11(9-19)15(20)18-5-7-22-12-3-4-13-14(8-12)24-10-23-13/h3-4,8,11H,1-2,5-7,9-10H2,(H2,17,21)(H,18,20)/t11-/m0/s1. The second kappa shape index (κ2) is 7.29. The predicted molar refractivity (Wildman–Crippen MR) is 85.0 cm³/mol. The summed E-state index contributed by atoms with van der Waals surface area (Å²) in [5.74, 6) is 1.73. The van der Waals surface area contributed by atoms with Crippen LogP contribution in [0.25, 0.3) is 0 Å². The van der Waals surface area contributed by atoms with Crippen LogP contribution in [0.3, 0.4) is 0 Å². The molecule has 2 aliphatic heterocycles. The van der Waals surface area contributed by atoms with Gasteiger partial charge in [0, 0.05) is 19.2 Å². The lowest BCUT2D eigenvalue weighted by Crippen LogP contribution is -2.47. The molecule has 3 N–H and O–H groups in total. The lowest BCUT2D eigenvalue weighted by molar-refractivity contribution is -0.126. The lowest BCUT2D eigenvalue weighted by atomic mass is 9.97. The third-order valence-electron chi connectivity index (χ3n) is 4.12. The van der Waals surface area contributed by atoms with E-state index in [-0.39, 0.29) is 18.6 Å². The number of carbonyl (C=O) groups excluding carboxylic acids is 2. The smallest absolute Gasteiger partial charge is 0.314 e. The highest BCUT2D eigenvalue weighted by molar-refractivity contribution is 5.80. The fourth-order valence-electron chi connectivity index (χ4n) is 2.85. The number of urea groups is 1. The molecule has 2 heterocycles. The van der Waals surface area contributed by atoms with Crippen molar-refractivity contribution >= 4 is 11.9 Å². The molecule has 0 aromatic heterocycles. The van der Waals surface area contributed by atoms with Crippen LogP contribution in [-0.4, -0.2) is 49.9 Å². The Labute approximate surface area is 139 Å². The highest BCUT2D eigenvalue weighted by Crippen LogP contribution is 2.34. The number of rotatable bonds is 5.